The summed E-state index contributed by atoms with van der Waals surface area (Å²) in [7, 11) is -3.26. The number of fused-ring (bicyclic) bond motifs is 2. The molecule has 2 aliphatic rings. The maximum absolute atomic E-state index is 13.5. The number of hydrogen-bond acceptors (Lipinski definition) is 6. The first-order valence-corrected chi connectivity index (χ1v) is 12.1. The molecule has 1 saturated heterocycles. The molecule has 0 saturated carbocycles. The van der Waals surface area contributed by atoms with Crippen molar-refractivity contribution in [1.82, 2.24) is 4.90 Å². The Morgan fingerprint density at radius 3 is 2.72 bits per heavy atom. The molecule has 2 atom stereocenters. The quantitative estimate of drug-likeness (QED) is 0.554. The number of amides is 1. The molecular weight excluding hydrogens is 430 g/mol. The van der Waals surface area contributed by atoms with Gasteiger partial charge in [-0.3, -0.25) is 9.59 Å². The second kappa shape index (κ2) is 7.63. The normalized spacial score (nSPS) is 21.6. The van der Waals surface area contributed by atoms with Gasteiger partial charge in [-0.2, -0.15) is 0 Å². The van der Waals surface area contributed by atoms with Crippen molar-refractivity contribution >= 4 is 26.7 Å². The summed E-state index contributed by atoms with van der Waals surface area (Å²) >= 11 is 0. The summed E-state index contributed by atoms with van der Waals surface area (Å²) < 4.78 is 35.9. The van der Waals surface area contributed by atoms with E-state index in [1.54, 1.807) is 54.6 Å². The Bertz CT molecular complexity index is 1410. The lowest BCUT2D eigenvalue weighted by Gasteiger charge is -2.30. The van der Waals surface area contributed by atoms with E-state index >= 15 is 0 Å². The van der Waals surface area contributed by atoms with Crippen molar-refractivity contribution in [2.24, 2.45) is 0 Å². The standard InChI is InChI=1S/C24H21NO6S/c1-2-11-30-17-7-5-6-15(13-17)21-20-22(26)18-8-3-4-9-19(18)31-23(20)24(27)25(21)16-10-12-32(28,29)14-16/h2-9,13,16,21H,1,10-12,14H2/t16-,21-/m1/s1. The molecule has 3 aromatic rings. The van der Waals surface area contributed by atoms with Gasteiger partial charge >= 0.3 is 0 Å². The Balaban J connectivity index is 1.71. The van der Waals surface area contributed by atoms with E-state index in [2.05, 4.69) is 6.58 Å². The summed E-state index contributed by atoms with van der Waals surface area (Å²) in [5, 5.41) is 0.379. The second-order valence-corrected chi connectivity index (χ2v) is 10.2. The number of hydrogen-bond donors (Lipinski definition) is 0. The van der Waals surface area contributed by atoms with Crippen molar-refractivity contribution in [3.8, 4) is 5.75 Å². The van der Waals surface area contributed by atoms with Gasteiger partial charge in [0.2, 0.25) is 5.76 Å². The molecule has 1 aromatic heterocycles. The third kappa shape index (κ3) is 3.31. The smallest absolute Gasteiger partial charge is 0.291 e. The van der Waals surface area contributed by atoms with Crippen molar-refractivity contribution in [1.29, 1.82) is 0 Å². The van der Waals surface area contributed by atoms with Gasteiger partial charge in [-0.15, -0.1) is 0 Å². The van der Waals surface area contributed by atoms with Gasteiger partial charge in [0, 0.05) is 6.04 Å². The number of benzene rings is 2. The molecule has 5 rings (SSSR count). The van der Waals surface area contributed by atoms with E-state index in [0.29, 0.717) is 35.3 Å². The average molecular weight is 452 g/mol. The average Bonchev–Trinajstić information content (AvgIpc) is 3.29. The van der Waals surface area contributed by atoms with Crippen LogP contribution in [-0.2, 0) is 9.84 Å². The first kappa shape index (κ1) is 20.5. The van der Waals surface area contributed by atoms with Crippen LogP contribution in [0.2, 0.25) is 0 Å². The van der Waals surface area contributed by atoms with Crippen LogP contribution in [0.5, 0.6) is 5.75 Å². The molecular formula is C24H21NO6S. The Hall–Kier alpha value is -3.39. The number of para-hydroxylation sites is 1. The molecule has 1 fully saturated rings. The lowest BCUT2D eigenvalue weighted by Crippen LogP contribution is -2.40. The number of nitrogens with zero attached hydrogens (tertiary/aromatic N) is 1. The zero-order chi connectivity index (χ0) is 22.5. The third-order valence-electron chi connectivity index (χ3n) is 5.96. The second-order valence-electron chi connectivity index (χ2n) is 8.01. The minimum absolute atomic E-state index is 0.0103. The van der Waals surface area contributed by atoms with Crippen molar-refractivity contribution in [3.63, 3.8) is 0 Å². The van der Waals surface area contributed by atoms with Gasteiger partial charge in [-0.1, -0.05) is 36.9 Å². The molecule has 2 aromatic carbocycles. The lowest BCUT2D eigenvalue weighted by atomic mass is 9.97. The molecule has 0 bridgehead atoms. The van der Waals surface area contributed by atoms with Crippen molar-refractivity contribution < 1.29 is 22.4 Å². The van der Waals surface area contributed by atoms with E-state index < -0.39 is 27.8 Å². The summed E-state index contributed by atoms with van der Waals surface area (Å²) in [6.45, 7) is 3.95. The van der Waals surface area contributed by atoms with E-state index in [-0.39, 0.29) is 28.3 Å². The molecule has 0 spiro atoms. The zero-order valence-corrected chi connectivity index (χ0v) is 18.0. The number of ether oxygens (including phenoxy) is 1. The molecule has 2 aliphatic heterocycles. The molecule has 164 valence electrons. The monoisotopic (exact) mass is 451 g/mol. The first-order chi connectivity index (χ1) is 15.4. The van der Waals surface area contributed by atoms with Crippen LogP contribution in [-0.4, -0.2) is 43.4 Å². The molecule has 0 unspecified atom stereocenters. The summed E-state index contributed by atoms with van der Waals surface area (Å²) in [6.07, 6.45) is 1.94. The molecule has 0 aliphatic carbocycles. The van der Waals surface area contributed by atoms with Crippen LogP contribution in [0.3, 0.4) is 0 Å². The van der Waals surface area contributed by atoms with Crippen molar-refractivity contribution in [2.75, 3.05) is 18.1 Å². The van der Waals surface area contributed by atoms with Crippen LogP contribution in [0.1, 0.15) is 34.1 Å². The minimum Gasteiger partial charge on any atom is -0.490 e. The van der Waals surface area contributed by atoms with Crippen LogP contribution in [0, 0.1) is 0 Å². The molecule has 32 heavy (non-hydrogen) atoms. The van der Waals surface area contributed by atoms with Crippen LogP contribution in [0.4, 0.5) is 0 Å². The highest BCUT2D eigenvalue weighted by Crippen LogP contribution is 2.42. The first-order valence-electron chi connectivity index (χ1n) is 10.3. The summed E-state index contributed by atoms with van der Waals surface area (Å²) in [4.78, 5) is 28.5. The Morgan fingerprint density at radius 2 is 1.97 bits per heavy atom. The van der Waals surface area contributed by atoms with Crippen molar-refractivity contribution in [2.45, 2.75) is 18.5 Å². The molecule has 7 nitrogen and oxygen atoms in total. The fraction of sp³-hybridized carbons (Fsp3) is 0.250. The maximum atomic E-state index is 13.5. The predicted octanol–water partition coefficient (Wildman–Crippen LogP) is 3.09. The summed E-state index contributed by atoms with van der Waals surface area (Å²) in [6, 6.07) is 12.6. The molecule has 3 heterocycles. The highest BCUT2D eigenvalue weighted by molar-refractivity contribution is 7.91. The van der Waals surface area contributed by atoms with E-state index in [1.165, 1.54) is 4.90 Å². The topological polar surface area (TPSA) is 93.9 Å². The summed E-state index contributed by atoms with van der Waals surface area (Å²) in [5.74, 6) is -0.0554. The van der Waals surface area contributed by atoms with E-state index in [0.717, 1.165) is 0 Å². The van der Waals surface area contributed by atoms with Crippen LogP contribution in [0.15, 0.2) is 70.4 Å². The van der Waals surface area contributed by atoms with E-state index in [4.69, 9.17) is 9.15 Å². The van der Waals surface area contributed by atoms with E-state index in [1.807, 2.05) is 0 Å². The third-order valence-corrected chi connectivity index (χ3v) is 7.71. The summed E-state index contributed by atoms with van der Waals surface area (Å²) in [5.41, 5.74) is 0.928. The Kier molecular flexibility index (Phi) is 4.89. The van der Waals surface area contributed by atoms with Gasteiger partial charge in [-0.05, 0) is 36.2 Å². The largest absolute Gasteiger partial charge is 0.490 e. The van der Waals surface area contributed by atoms with Gasteiger partial charge < -0.3 is 14.1 Å². The van der Waals surface area contributed by atoms with Gasteiger partial charge in [0.15, 0.2) is 15.3 Å². The van der Waals surface area contributed by atoms with Gasteiger partial charge in [0.1, 0.15) is 17.9 Å². The van der Waals surface area contributed by atoms with Gasteiger partial charge in [0.25, 0.3) is 5.91 Å². The van der Waals surface area contributed by atoms with E-state index in [9.17, 15) is 18.0 Å². The lowest BCUT2D eigenvalue weighted by molar-refractivity contribution is 0.0662. The fourth-order valence-corrected chi connectivity index (χ4v) is 6.28. The Morgan fingerprint density at radius 1 is 1.16 bits per heavy atom. The number of carbonyl (C=O) groups excluding carboxylic acids is 1. The van der Waals surface area contributed by atoms with Gasteiger partial charge in [-0.25, -0.2) is 8.42 Å². The fourth-order valence-electron chi connectivity index (χ4n) is 4.57. The number of sulfone groups is 1. The number of rotatable bonds is 5. The van der Waals surface area contributed by atoms with Crippen LogP contribution >= 0.6 is 0 Å². The molecule has 0 radical (unpaired) electrons. The van der Waals surface area contributed by atoms with Crippen molar-refractivity contribution in [3.05, 3.63) is 88.3 Å². The highest BCUT2D eigenvalue weighted by atomic mass is 32.2. The minimum atomic E-state index is -3.26. The molecule has 0 N–H and O–H groups in total. The predicted molar refractivity (Wildman–Crippen MR) is 120 cm³/mol. The van der Waals surface area contributed by atoms with Crippen LogP contribution < -0.4 is 10.2 Å². The van der Waals surface area contributed by atoms with Crippen LogP contribution in [0.25, 0.3) is 11.0 Å². The SMILES string of the molecule is C=CCOc1cccc([C@@H]2c3c(oc4ccccc4c3=O)C(=O)N2[C@@H]2CCS(=O)(=O)C2)c1. The highest BCUT2D eigenvalue weighted by Gasteiger charge is 2.48. The number of carbonyl (C=O) groups is 1. The van der Waals surface area contributed by atoms with Gasteiger partial charge in [0.05, 0.1) is 28.5 Å². The maximum Gasteiger partial charge on any atom is 0.291 e. The molecule has 1 amide bonds. The zero-order valence-electron chi connectivity index (χ0n) is 17.2. The molecule has 8 heteroatoms. The Labute approximate surface area is 184 Å².